The Balaban J connectivity index is 1.10. The van der Waals surface area contributed by atoms with Gasteiger partial charge in [-0.1, -0.05) is 91.0 Å². The van der Waals surface area contributed by atoms with E-state index < -0.39 is 0 Å². The van der Waals surface area contributed by atoms with Crippen molar-refractivity contribution < 1.29 is 8.83 Å². The predicted octanol–water partition coefficient (Wildman–Crippen LogP) is 13.1. The largest absolute Gasteiger partial charge is 0.456 e. The zero-order valence-electron chi connectivity index (χ0n) is 29.6. The number of nitrogens with zero attached hydrogens (tertiary/aromatic N) is 4. The molecule has 6 heteroatoms. The van der Waals surface area contributed by atoms with Gasteiger partial charge in [-0.05, 0) is 72.3 Å². The summed E-state index contributed by atoms with van der Waals surface area (Å²) in [6.45, 7) is 0. The van der Waals surface area contributed by atoms with Gasteiger partial charge in [0.05, 0.1) is 38.9 Å². The number of aromatic nitrogens is 2. The second-order valence-electron chi connectivity index (χ2n) is 14.3. The molecule has 258 valence electrons. The van der Waals surface area contributed by atoms with Crippen molar-refractivity contribution in [3.63, 3.8) is 0 Å². The van der Waals surface area contributed by atoms with E-state index in [4.69, 9.17) is 8.83 Å². The summed E-state index contributed by atoms with van der Waals surface area (Å²) in [7, 11) is 0. The minimum atomic E-state index is 0.326. The summed E-state index contributed by atoms with van der Waals surface area (Å²) in [5, 5.41) is 29.5. The summed E-state index contributed by atoms with van der Waals surface area (Å²) in [4.78, 5) is 0. The van der Waals surface area contributed by atoms with E-state index in [9.17, 15) is 10.5 Å². The molecule has 0 aliphatic heterocycles. The van der Waals surface area contributed by atoms with Crippen LogP contribution in [0.3, 0.4) is 0 Å². The van der Waals surface area contributed by atoms with Crippen molar-refractivity contribution in [1.82, 2.24) is 9.13 Å². The first kappa shape index (κ1) is 30.4. The number of hydrogen-bond acceptors (Lipinski definition) is 4. The molecule has 0 saturated carbocycles. The third-order valence-electron chi connectivity index (χ3n) is 11.4. The summed E-state index contributed by atoms with van der Waals surface area (Å²) < 4.78 is 17.1. The van der Waals surface area contributed by atoms with E-state index in [1.54, 1.807) is 6.07 Å². The Labute approximate surface area is 318 Å². The van der Waals surface area contributed by atoms with Crippen LogP contribution in [0.1, 0.15) is 11.1 Å². The van der Waals surface area contributed by atoms with Gasteiger partial charge >= 0.3 is 0 Å². The molecule has 0 atom stereocenters. The summed E-state index contributed by atoms with van der Waals surface area (Å²) >= 11 is 0. The summed E-state index contributed by atoms with van der Waals surface area (Å²) in [6.07, 6.45) is 0. The highest BCUT2D eigenvalue weighted by Gasteiger charge is 2.23. The van der Waals surface area contributed by atoms with E-state index in [1.807, 2.05) is 54.6 Å². The molecule has 0 saturated heterocycles. The number of fused-ring (bicyclic) bond motifs is 12. The maximum absolute atomic E-state index is 10.8. The smallest absolute Gasteiger partial charge is 0.136 e. The molecule has 0 N–H and O–H groups in total. The molecule has 12 rings (SSSR count). The fourth-order valence-electron chi connectivity index (χ4n) is 8.95. The Morgan fingerprint density at radius 3 is 1.48 bits per heavy atom. The van der Waals surface area contributed by atoms with E-state index in [0.29, 0.717) is 16.8 Å². The van der Waals surface area contributed by atoms with Gasteiger partial charge in [0.2, 0.25) is 0 Å². The number of nitriles is 2. The average Bonchev–Trinajstić information content (AvgIpc) is 3.99. The van der Waals surface area contributed by atoms with Crippen LogP contribution in [0.4, 0.5) is 0 Å². The van der Waals surface area contributed by atoms with Gasteiger partial charge in [0.25, 0.3) is 0 Å². The minimum absolute atomic E-state index is 0.326. The normalized spacial score (nSPS) is 11.9. The lowest BCUT2D eigenvalue weighted by Gasteiger charge is -2.17. The molecule has 0 bridgehead atoms. The lowest BCUT2D eigenvalue weighted by molar-refractivity contribution is 0.669. The van der Waals surface area contributed by atoms with E-state index in [0.717, 1.165) is 104 Å². The van der Waals surface area contributed by atoms with Crippen LogP contribution in [0, 0.1) is 22.7 Å². The molecular formula is C50H26N4O2. The van der Waals surface area contributed by atoms with Gasteiger partial charge in [-0.2, -0.15) is 10.5 Å². The number of para-hydroxylation sites is 4. The maximum Gasteiger partial charge on any atom is 0.136 e. The maximum atomic E-state index is 10.8. The van der Waals surface area contributed by atoms with Gasteiger partial charge in [0.1, 0.15) is 34.5 Å². The Morgan fingerprint density at radius 1 is 0.393 bits per heavy atom. The Hall–Kier alpha value is -8.06. The molecule has 0 spiro atoms. The molecule has 56 heavy (non-hydrogen) atoms. The van der Waals surface area contributed by atoms with Crippen LogP contribution in [0.25, 0.3) is 110 Å². The molecule has 6 nitrogen and oxygen atoms in total. The summed E-state index contributed by atoms with van der Waals surface area (Å²) in [5.41, 5.74) is 11.5. The second-order valence-corrected chi connectivity index (χ2v) is 14.3. The molecule has 0 aliphatic carbocycles. The van der Waals surface area contributed by atoms with Crippen molar-refractivity contribution in [3.8, 4) is 34.6 Å². The molecule has 4 heterocycles. The van der Waals surface area contributed by atoms with Crippen molar-refractivity contribution in [1.29, 1.82) is 10.5 Å². The van der Waals surface area contributed by atoms with Crippen LogP contribution in [0.15, 0.2) is 167 Å². The van der Waals surface area contributed by atoms with Crippen molar-refractivity contribution in [3.05, 3.63) is 169 Å². The van der Waals surface area contributed by atoms with Gasteiger partial charge < -0.3 is 18.0 Å². The van der Waals surface area contributed by atoms with Crippen LogP contribution in [0.2, 0.25) is 0 Å². The van der Waals surface area contributed by atoms with Gasteiger partial charge in [-0.15, -0.1) is 0 Å². The monoisotopic (exact) mass is 714 g/mol. The number of hydrogen-bond donors (Lipinski definition) is 0. The van der Waals surface area contributed by atoms with E-state index in [2.05, 4.69) is 118 Å². The molecule has 0 amide bonds. The third-order valence-corrected chi connectivity index (χ3v) is 11.4. The first-order valence-corrected chi connectivity index (χ1v) is 18.5. The Bertz CT molecular complexity index is 3730. The first-order valence-electron chi connectivity index (χ1n) is 18.5. The number of rotatable bonds is 3. The molecule has 4 aromatic heterocycles. The molecule has 0 fully saturated rings. The van der Waals surface area contributed by atoms with E-state index >= 15 is 0 Å². The van der Waals surface area contributed by atoms with Gasteiger partial charge in [0.15, 0.2) is 0 Å². The molecule has 0 aliphatic rings. The van der Waals surface area contributed by atoms with Crippen molar-refractivity contribution in [2.45, 2.75) is 0 Å². The van der Waals surface area contributed by atoms with Crippen LogP contribution in [-0.2, 0) is 0 Å². The highest BCUT2D eigenvalue weighted by molar-refractivity contribution is 6.19. The average molecular weight is 715 g/mol. The zero-order chi connectivity index (χ0) is 37.1. The van der Waals surface area contributed by atoms with Crippen LogP contribution in [0.5, 0.6) is 0 Å². The van der Waals surface area contributed by atoms with Crippen LogP contribution in [-0.4, -0.2) is 9.13 Å². The van der Waals surface area contributed by atoms with Crippen molar-refractivity contribution in [2.75, 3.05) is 0 Å². The Kier molecular flexibility index (Phi) is 6.10. The highest BCUT2D eigenvalue weighted by Crippen LogP contribution is 2.43. The second kappa shape index (κ2) is 11.2. The topological polar surface area (TPSA) is 83.7 Å². The van der Waals surface area contributed by atoms with Gasteiger partial charge in [0, 0.05) is 54.3 Å². The lowest BCUT2D eigenvalue weighted by atomic mass is 9.96. The van der Waals surface area contributed by atoms with Crippen molar-refractivity contribution in [2.24, 2.45) is 0 Å². The molecule has 0 unspecified atom stereocenters. The standard InChI is InChI=1S/C50H26N4O2/c51-27-30-19-22-32(50(41(30)28-52)54-43-14-6-2-10-34(43)38-26-49-40(24-45(38)54)36-12-4-8-16-47(36)56-49)29-17-20-31(21-18-29)53-42-13-5-1-9-33(42)37-25-48-39(23-44(37)53)35-11-3-7-15-46(35)55-48/h1-26H. The molecular weight excluding hydrogens is 689 g/mol. The summed E-state index contributed by atoms with van der Waals surface area (Å²) in [6, 6.07) is 58.5. The molecule has 12 aromatic rings. The van der Waals surface area contributed by atoms with Gasteiger partial charge in [-0.25, -0.2) is 0 Å². The lowest BCUT2D eigenvalue weighted by Crippen LogP contribution is -2.03. The fraction of sp³-hybridized carbons (Fsp3) is 0. The number of benzene rings is 8. The van der Waals surface area contributed by atoms with Crippen LogP contribution < -0.4 is 0 Å². The predicted molar refractivity (Wildman–Crippen MR) is 225 cm³/mol. The molecule has 8 aromatic carbocycles. The zero-order valence-corrected chi connectivity index (χ0v) is 29.6. The Morgan fingerprint density at radius 2 is 0.911 bits per heavy atom. The first-order chi connectivity index (χ1) is 27.7. The quantitative estimate of drug-likeness (QED) is 0.182. The SMILES string of the molecule is N#Cc1ccc(-c2ccc(-n3c4ccccc4c4cc5oc6ccccc6c5cc43)cc2)c(-n2c3ccccc3c3cc4oc5ccccc5c4cc32)c1C#N. The van der Waals surface area contributed by atoms with E-state index in [-0.39, 0.29) is 0 Å². The van der Waals surface area contributed by atoms with Crippen molar-refractivity contribution >= 4 is 87.5 Å². The van der Waals surface area contributed by atoms with Crippen LogP contribution >= 0.6 is 0 Å². The van der Waals surface area contributed by atoms with Gasteiger partial charge in [-0.3, -0.25) is 0 Å². The third kappa shape index (κ3) is 4.07. The fourth-order valence-corrected chi connectivity index (χ4v) is 8.95. The molecule has 0 radical (unpaired) electrons. The van der Waals surface area contributed by atoms with E-state index in [1.165, 1.54) is 0 Å². The highest BCUT2D eigenvalue weighted by atomic mass is 16.3. The minimum Gasteiger partial charge on any atom is -0.456 e. The number of furan rings is 2. The summed E-state index contributed by atoms with van der Waals surface area (Å²) in [5.74, 6) is 0.